The number of urea groups is 1. The number of aromatic nitrogens is 3. The molecule has 2 aromatic rings. The molecule has 1 aromatic carbocycles. The molecule has 0 spiro atoms. The van der Waals surface area contributed by atoms with Crippen LogP contribution in [0.25, 0.3) is 0 Å². The fraction of sp³-hybridized carbons (Fsp3) is 0.444. The van der Waals surface area contributed by atoms with Crippen molar-refractivity contribution in [2.75, 3.05) is 0 Å². The van der Waals surface area contributed by atoms with Gasteiger partial charge in [-0.2, -0.15) is 0 Å². The molecule has 3 rings (SSSR count). The SMILES string of the molecule is Cc1nnc2n1CC(NC(=O)NC(C)C(=O)NCc1ccccc1)CC2. The number of nitrogens with zero attached hydrogens (tertiary/aromatic N) is 3. The van der Waals surface area contributed by atoms with Crippen molar-refractivity contribution in [2.24, 2.45) is 0 Å². The number of rotatable bonds is 5. The van der Waals surface area contributed by atoms with E-state index in [0.29, 0.717) is 13.1 Å². The van der Waals surface area contributed by atoms with Crippen LogP contribution in [0.2, 0.25) is 0 Å². The summed E-state index contributed by atoms with van der Waals surface area (Å²) >= 11 is 0. The average molecular weight is 356 g/mol. The summed E-state index contributed by atoms with van der Waals surface area (Å²) in [6, 6.07) is 8.69. The van der Waals surface area contributed by atoms with Gasteiger partial charge in [0.2, 0.25) is 5.91 Å². The van der Waals surface area contributed by atoms with E-state index < -0.39 is 6.04 Å². The molecule has 8 heteroatoms. The molecular formula is C18H24N6O2. The molecule has 0 saturated heterocycles. The Labute approximate surface area is 152 Å². The number of hydrogen-bond donors (Lipinski definition) is 3. The molecule has 1 aliphatic rings. The molecule has 3 N–H and O–H groups in total. The average Bonchev–Trinajstić information content (AvgIpc) is 3.01. The zero-order valence-electron chi connectivity index (χ0n) is 15.0. The summed E-state index contributed by atoms with van der Waals surface area (Å²) in [5, 5.41) is 16.6. The van der Waals surface area contributed by atoms with E-state index in [1.807, 2.05) is 41.8 Å². The van der Waals surface area contributed by atoms with E-state index in [4.69, 9.17) is 0 Å². The molecule has 0 bridgehead atoms. The van der Waals surface area contributed by atoms with Crippen LogP contribution in [-0.4, -0.2) is 38.8 Å². The third-order valence-electron chi connectivity index (χ3n) is 4.52. The molecule has 1 aliphatic heterocycles. The van der Waals surface area contributed by atoms with Crippen molar-refractivity contribution < 1.29 is 9.59 Å². The van der Waals surface area contributed by atoms with Gasteiger partial charge in [-0.25, -0.2) is 4.79 Å². The van der Waals surface area contributed by atoms with Crippen LogP contribution in [0, 0.1) is 6.92 Å². The normalized spacial score (nSPS) is 17.1. The number of amides is 3. The minimum Gasteiger partial charge on any atom is -0.350 e. The van der Waals surface area contributed by atoms with E-state index in [1.54, 1.807) is 6.92 Å². The van der Waals surface area contributed by atoms with Gasteiger partial charge in [-0.15, -0.1) is 10.2 Å². The van der Waals surface area contributed by atoms with Crippen molar-refractivity contribution in [1.29, 1.82) is 0 Å². The standard InChI is InChI=1S/C18H24N6O2/c1-12(17(25)19-10-14-6-4-3-5-7-14)20-18(26)21-15-8-9-16-23-22-13(2)24(16)11-15/h3-7,12,15H,8-11H2,1-2H3,(H,19,25)(H2,20,21,26). The maximum atomic E-state index is 12.2. The van der Waals surface area contributed by atoms with Gasteiger partial charge in [-0.1, -0.05) is 30.3 Å². The Balaban J connectivity index is 1.44. The molecular weight excluding hydrogens is 332 g/mol. The third kappa shape index (κ3) is 4.38. The number of hydrogen-bond acceptors (Lipinski definition) is 4. The second kappa shape index (κ2) is 7.99. The molecule has 138 valence electrons. The molecule has 2 heterocycles. The minimum absolute atomic E-state index is 0.00298. The zero-order chi connectivity index (χ0) is 18.5. The first-order valence-corrected chi connectivity index (χ1v) is 8.80. The smallest absolute Gasteiger partial charge is 0.315 e. The molecule has 0 aliphatic carbocycles. The number of nitrogens with one attached hydrogen (secondary N) is 3. The Morgan fingerprint density at radius 2 is 2.04 bits per heavy atom. The van der Waals surface area contributed by atoms with Gasteiger partial charge in [-0.05, 0) is 25.8 Å². The van der Waals surface area contributed by atoms with Crippen LogP contribution in [0.4, 0.5) is 4.79 Å². The van der Waals surface area contributed by atoms with E-state index in [1.165, 1.54) is 0 Å². The Bertz CT molecular complexity index is 773. The van der Waals surface area contributed by atoms with Gasteiger partial charge in [0.05, 0.1) is 0 Å². The summed E-state index contributed by atoms with van der Waals surface area (Å²) in [6.07, 6.45) is 1.58. The highest BCUT2D eigenvalue weighted by Gasteiger charge is 2.24. The van der Waals surface area contributed by atoms with Crippen molar-refractivity contribution in [3.63, 3.8) is 0 Å². The van der Waals surface area contributed by atoms with E-state index >= 15 is 0 Å². The van der Waals surface area contributed by atoms with Crippen LogP contribution < -0.4 is 16.0 Å². The van der Waals surface area contributed by atoms with Crippen LogP contribution in [-0.2, 0) is 24.3 Å². The summed E-state index contributed by atoms with van der Waals surface area (Å²) in [5.74, 6) is 1.58. The first-order chi connectivity index (χ1) is 12.5. The lowest BCUT2D eigenvalue weighted by Crippen LogP contribution is -2.52. The van der Waals surface area contributed by atoms with Gasteiger partial charge >= 0.3 is 6.03 Å². The Hall–Kier alpha value is -2.90. The van der Waals surface area contributed by atoms with E-state index in [2.05, 4.69) is 26.1 Å². The largest absolute Gasteiger partial charge is 0.350 e. The van der Waals surface area contributed by atoms with Crippen LogP contribution in [0.3, 0.4) is 0 Å². The summed E-state index contributed by atoms with van der Waals surface area (Å²) in [7, 11) is 0. The number of carbonyl (C=O) groups excluding carboxylic acids is 2. The number of benzene rings is 1. The van der Waals surface area contributed by atoms with Gasteiger partial charge in [0, 0.05) is 25.6 Å². The van der Waals surface area contributed by atoms with Crippen LogP contribution >= 0.6 is 0 Å². The van der Waals surface area contributed by atoms with Crippen LogP contribution in [0.1, 0.15) is 30.6 Å². The molecule has 26 heavy (non-hydrogen) atoms. The number of fused-ring (bicyclic) bond motifs is 1. The van der Waals surface area contributed by atoms with Gasteiger partial charge in [-0.3, -0.25) is 4.79 Å². The quantitative estimate of drug-likeness (QED) is 0.741. The van der Waals surface area contributed by atoms with E-state index in [-0.39, 0.29) is 18.0 Å². The van der Waals surface area contributed by atoms with Crippen molar-refractivity contribution in [3.05, 3.63) is 47.5 Å². The summed E-state index contributed by atoms with van der Waals surface area (Å²) in [5.41, 5.74) is 1.01. The highest BCUT2D eigenvalue weighted by molar-refractivity contribution is 5.86. The molecule has 2 atom stereocenters. The fourth-order valence-electron chi connectivity index (χ4n) is 3.01. The Kier molecular flexibility index (Phi) is 5.50. The molecule has 0 radical (unpaired) electrons. The van der Waals surface area contributed by atoms with Crippen molar-refractivity contribution in [2.45, 2.75) is 51.9 Å². The van der Waals surface area contributed by atoms with Gasteiger partial charge in [0.15, 0.2) is 0 Å². The molecule has 8 nitrogen and oxygen atoms in total. The second-order valence-corrected chi connectivity index (χ2v) is 6.55. The fourth-order valence-corrected chi connectivity index (χ4v) is 3.01. The molecule has 2 unspecified atom stereocenters. The van der Waals surface area contributed by atoms with E-state index in [0.717, 1.165) is 30.1 Å². The maximum absolute atomic E-state index is 12.2. The van der Waals surface area contributed by atoms with Gasteiger partial charge in [0.1, 0.15) is 17.7 Å². The first kappa shape index (κ1) is 17.9. The third-order valence-corrected chi connectivity index (χ3v) is 4.52. The lowest BCUT2D eigenvalue weighted by molar-refractivity contribution is -0.122. The van der Waals surface area contributed by atoms with E-state index in [9.17, 15) is 9.59 Å². The monoisotopic (exact) mass is 356 g/mol. The highest BCUT2D eigenvalue weighted by atomic mass is 16.2. The highest BCUT2D eigenvalue weighted by Crippen LogP contribution is 2.14. The summed E-state index contributed by atoms with van der Waals surface area (Å²) in [4.78, 5) is 24.3. The van der Waals surface area contributed by atoms with Gasteiger partial charge < -0.3 is 20.5 Å². The minimum atomic E-state index is -0.616. The predicted molar refractivity (Wildman–Crippen MR) is 96.3 cm³/mol. The lowest BCUT2D eigenvalue weighted by atomic mass is 10.1. The predicted octanol–water partition coefficient (Wildman–Crippen LogP) is 0.905. The zero-order valence-corrected chi connectivity index (χ0v) is 15.0. The number of aryl methyl sites for hydroxylation is 2. The van der Waals surface area contributed by atoms with Crippen molar-refractivity contribution >= 4 is 11.9 Å². The first-order valence-electron chi connectivity index (χ1n) is 8.80. The molecule has 3 amide bonds. The Morgan fingerprint density at radius 1 is 1.27 bits per heavy atom. The van der Waals surface area contributed by atoms with Crippen LogP contribution in [0.5, 0.6) is 0 Å². The summed E-state index contributed by atoms with van der Waals surface area (Å²) < 4.78 is 2.02. The Morgan fingerprint density at radius 3 is 2.81 bits per heavy atom. The lowest BCUT2D eigenvalue weighted by Gasteiger charge is -2.25. The topological polar surface area (TPSA) is 101 Å². The van der Waals surface area contributed by atoms with Crippen molar-refractivity contribution in [1.82, 2.24) is 30.7 Å². The molecule has 0 saturated carbocycles. The number of carbonyl (C=O) groups is 2. The second-order valence-electron chi connectivity index (χ2n) is 6.55. The molecule has 1 aromatic heterocycles. The van der Waals surface area contributed by atoms with Crippen molar-refractivity contribution in [3.8, 4) is 0 Å². The summed E-state index contributed by atoms with van der Waals surface area (Å²) in [6.45, 7) is 4.66. The maximum Gasteiger partial charge on any atom is 0.315 e. The van der Waals surface area contributed by atoms with Crippen LogP contribution in [0.15, 0.2) is 30.3 Å². The van der Waals surface area contributed by atoms with Gasteiger partial charge in [0.25, 0.3) is 0 Å². The molecule has 0 fully saturated rings.